The molecule has 1 aromatic rings. The SMILES string of the molecule is CNCc1ccc(OC)c(OCC(F)F)c1. The lowest BCUT2D eigenvalue weighted by Gasteiger charge is -2.11. The van der Waals surface area contributed by atoms with E-state index in [2.05, 4.69) is 5.32 Å². The normalized spacial score (nSPS) is 10.6. The van der Waals surface area contributed by atoms with Gasteiger partial charge in [0.25, 0.3) is 6.43 Å². The van der Waals surface area contributed by atoms with Crippen LogP contribution in [0.15, 0.2) is 18.2 Å². The second kappa shape index (κ2) is 6.27. The van der Waals surface area contributed by atoms with Gasteiger partial charge in [-0.15, -0.1) is 0 Å². The Balaban J connectivity index is 2.79. The molecule has 90 valence electrons. The molecule has 0 radical (unpaired) electrons. The number of hydrogen-bond donors (Lipinski definition) is 1. The van der Waals surface area contributed by atoms with Crippen molar-refractivity contribution in [1.29, 1.82) is 0 Å². The van der Waals surface area contributed by atoms with E-state index in [0.29, 0.717) is 18.0 Å². The molecule has 0 spiro atoms. The summed E-state index contributed by atoms with van der Waals surface area (Å²) in [5.41, 5.74) is 0.951. The van der Waals surface area contributed by atoms with Gasteiger partial charge in [-0.05, 0) is 24.7 Å². The minimum Gasteiger partial charge on any atom is -0.493 e. The predicted octanol–water partition coefficient (Wildman–Crippen LogP) is 2.06. The summed E-state index contributed by atoms with van der Waals surface area (Å²) in [5, 5.41) is 2.97. The Hall–Kier alpha value is -1.36. The van der Waals surface area contributed by atoms with E-state index >= 15 is 0 Å². The molecule has 0 atom stereocenters. The van der Waals surface area contributed by atoms with Crippen LogP contribution in [-0.4, -0.2) is 27.2 Å². The Morgan fingerprint density at radius 1 is 1.31 bits per heavy atom. The van der Waals surface area contributed by atoms with Gasteiger partial charge in [-0.25, -0.2) is 8.78 Å². The number of hydrogen-bond acceptors (Lipinski definition) is 3. The van der Waals surface area contributed by atoms with Gasteiger partial charge in [0.1, 0.15) is 6.61 Å². The van der Waals surface area contributed by atoms with Crippen LogP contribution in [0.4, 0.5) is 8.78 Å². The summed E-state index contributed by atoms with van der Waals surface area (Å²) < 4.78 is 34.0. The largest absolute Gasteiger partial charge is 0.493 e. The third kappa shape index (κ3) is 3.66. The molecular weight excluding hydrogens is 216 g/mol. The van der Waals surface area contributed by atoms with E-state index in [0.717, 1.165) is 5.56 Å². The molecule has 0 aliphatic rings. The van der Waals surface area contributed by atoms with Crippen molar-refractivity contribution in [3.05, 3.63) is 23.8 Å². The van der Waals surface area contributed by atoms with Crippen LogP contribution in [0, 0.1) is 0 Å². The van der Waals surface area contributed by atoms with Gasteiger partial charge in [0.15, 0.2) is 11.5 Å². The van der Waals surface area contributed by atoms with E-state index in [9.17, 15) is 8.78 Å². The van der Waals surface area contributed by atoms with E-state index < -0.39 is 13.0 Å². The lowest BCUT2D eigenvalue weighted by Crippen LogP contribution is -2.09. The van der Waals surface area contributed by atoms with Crippen LogP contribution in [0.3, 0.4) is 0 Å². The van der Waals surface area contributed by atoms with Gasteiger partial charge >= 0.3 is 0 Å². The molecule has 0 aromatic heterocycles. The first-order chi connectivity index (χ1) is 7.67. The molecule has 0 aliphatic heterocycles. The van der Waals surface area contributed by atoms with Gasteiger partial charge in [0, 0.05) is 6.54 Å². The highest BCUT2D eigenvalue weighted by atomic mass is 19.3. The number of benzene rings is 1. The van der Waals surface area contributed by atoms with Crippen molar-refractivity contribution in [1.82, 2.24) is 5.32 Å². The number of ether oxygens (including phenoxy) is 2. The summed E-state index contributed by atoms with van der Waals surface area (Å²) in [6.45, 7) is 0.0222. The zero-order chi connectivity index (χ0) is 12.0. The first kappa shape index (κ1) is 12.7. The highest BCUT2D eigenvalue weighted by Crippen LogP contribution is 2.28. The molecular formula is C11H15F2NO2. The highest BCUT2D eigenvalue weighted by Gasteiger charge is 2.09. The van der Waals surface area contributed by atoms with E-state index in [-0.39, 0.29) is 0 Å². The molecule has 0 heterocycles. The molecule has 1 N–H and O–H groups in total. The molecule has 0 saturated heterocycles. The van der Waals surface area contributed by atoms with Crippen molar-refractivity contribution in [3.63, 3.8) is 0 Å². The van der Waals surface area contributed by atoms with Gasteiger partial charge in [-0.1, -0.05) is 6.07 Å². The molecule has 0 unspecified atom stereocenters. The smallest absolute Gasteiger partial charge is 0.272 e. The second-order valence-electron chi connectivity index (χ2n) is 3.22. The van der Waals surface area contributed by atoms with Crippen LogP contribution < -0.4 is 14.8 Å². The quantitative estimate of drug-likeness (QED) is 0.812. The lowest BCUT2D eigenvalue weighted by molar-refractivity contribution is 0.0804. The lowest BCUT2D eigenvalue weighted by atomic mass is 10.2. The molecule has 5 heteroatoms. The fourth-order valence-corrected chi connectivity index (χ4v) is 1.30. The summed E-state index contributed by atoms with van der Waals surface area (Å²) in [7, 11) is 3.28. The maximum absolute atomic E-state index is 12.0. The average Bonchev–Trinajstić information content (AvgIpc) is 2.27. The van der Waals surface area contributed by atoms with Crippen LogP contribution in [0.1, 0.15) is 5.56 Å². The van der Waals surface area contributed by atoms with Gasteiger partial charge < -0.3 is 14.8 Å². The molecule has 0 aliphatic carbocycles. The summed E-state index contributed by atoms with van der Waals surface area (Å²) in [5.74, 6) is 0.802. The molecule has 1 aromatic carbocycles. The van der Waals surface area contributed by atoms with Crippen molar-refractivity contribution < 1.29 is 18.3 Å². The van der Waals surface area contributed by atoms with Crippen LogP contribution >= 0.6 is 0 Å². The monoisotopic (exact) mass is 231 g/mol. The van der Waals surface area contributed by atoms with Gasteiger partial charge in [0.2, 0.25) is 0 Å². The van der Waals surface area contributed by atoms with Crippen LogP contribution in [0.25, 0.3) is 0 Å². The van der Waals surface area contributed by atoms with Crippen molar-refractivity contribution in [2.45, 2.75) is 13.0 Å². The number of nitrogens with one attached hydrogen (secondary N) is 1. The Kier molecular flexibility index (Phi) is 4.98. The molecule has 0 saturated carbocycles. The minimum atomic E-state index is -2.49. The first-order valence-corrected chi connectivity index (χ1v) is 4.89. The summed E-state index contributed by atoms with van der Waals surface area (Å²) >= 11 is 0. The molecule has 0 fully saturated rings. The van der Waals surface area contributed by atoms with Crippen molar-refractivity contribution in [2.75, 3.05) is 20.8 Å². The number of rotatable bonds is 6. The molecule has 3 nitrogen and oxygen atoms in total. The van der Waals surface area contributed by atoms with E-state index in [1.54, 1.807) is 12.1 Å². The maximum atomic E-state index is 12.0. The summed E-state index contributed by atoms with van der Waals surface area (Å²) in [6, 6.07) is 5.25. The molecule has 1 rings (SSSR count). The van der Waals surface area contributed by atoms with Crippen LogP contribution in [0.5, 0.6) is 11.5 Å². The Bertz CT molecular complexity index is 332. The standard InChI is InChI=1S/C11H15F2NO2/c1-14-6-8-3-4-9(15-2)10(5-8)16-7-11(12)13/h3-5,11,14H,6-7H2,1-2H3. The van der Waals surface area contributed by atoms with Crippen LogP contribution in [0.2, 0.25) is 0 Å². The Labute approximate surface area is 93.4 Å². The second-order valence-corrected chi connectivity index (χ2v) is 3.22. The third-order valence-electron chi connectivity index (χ3n) is 1.97. The van der Waals surface area contributed by atoms with E-state index in [4.69, 9.17) is 9.47 Å². The molecule has 16 heavy (non-hydrogen) atoms. The van der Waals surface area contributed by atoms with Crippen LogP contribution in [-0.2, 0) is 6.54 Å². The fourth-order valence-electron chi connectivity index (χ4n) is 1.30. The summed E-state index contributed by atoms with van der Waals surface area (Å²) in [4.78, 5) is 0. The van der Waals surface area contributed by atoms with Gasteiger partial charge in [0.05, 0.1) is 7.11 Å². The predicted molar refractivity (Wildman–Crippen MR) is 57.3 cm³/mol. The highest BCUT2D eigenvalue weighted by molar-refractivity contribution is 5.42. The van der Waals surface area contributed by atoms with Crippen molar-refractivity contribution in [2.24, 2.45) is 0 Å². The van der Waals surface area contributed by atoms with E-state index in [1.165, 1.54) is 7.11 Å². The zero-order valence-electron chi connectivity index (χ0n) is 9.30. The number of halogens is 2. The summed E-state index contributed by atoms with van der Waals surface area (Å²) in [6.07, 6.45) is -2.49. The molecule has 0 bridgehead atoms. The maximum Gasteiger partial charge on any atom is 0.272 e. The number of methoxy groups -OCH3 is 1. The molecule has 0 amide bonds. The fraction of sp³-hybridized carbons (Fsp3) is 0.455. The third-order valence-corrected chi connectivity index (χ3v) is 1.97. The van der Waals surface area contributed by atoms with Gasteiger partial charge in [-0.3, -0.25) is 0 Å². The van der Waals surface area contributed by atoms with Gasteiger partial charge in [-0.2, -0.15) is 0 Å². The number of alkyl halides is 2. The Morgan fingerprint density at radius 3 is 2.62 bits per heavy atom. The van der Waals surface area contributed by atoms with E-state index in [1.807, 2.05) is 13.1 Å². The average molecular weight is 231 g/mol. The zero-order valence-corrected chi connectivity index (χ0v) is 9.30. The topological polar surface area (TPSA) is 30.5 Å². The minimum absolute atomic E-state index is 0.343. The first-order valence-electron chi connectivity index (χ1n) is 4.89. The Morgan fingerprint density at radius 2 is 2.06 bits per heavy atom. The van der Waals surface area contributed by atoms with Crippen molar-refractivity contribution >= 4 is 0 Å². The van der Waals surface area contributed by atoms with Crippen molar-refractivity contribution in [3.8, 4) is 11.5 Å².